The maximum absolute atomic E-state index is 12.9. The molecule has 0 unspecified atom stereocenters. The highest BCUT2D eigenvalue weighted by Crippen LogP contribution is 2.24. The minimum Gasteiger partial charge on any atom is -0.497 e. The Morgan fingerprint density at radius 2 is 1.85 bits per heavy atom. The number of aromatic nitrogens is 3. The number of rotatable bonds is 6. The van der Waals surface area contributed by atoms with Gasteiger partial charge in [0.1, 0.15) is 11.6 Å². The molecular weight excluding hydrogens is 355 g/mol. The van der Waals surface area contributed by atoms with E-state index in [0.717, 1.165) is 11.3 Å². The number of benzene rings is 2. The summed E-state index contributed by atoms with van der Waals surface area (Å²) >= 11 is 1.28. The highest BCUT2D eigenvalue weighted by atomic mass is 32.2. The van der Waals surface area contributed by atoms with Crippen LogP contribution >= 0.6 is 11.8 Å². The van der Waals surface area contributed by atoms with Crippen molar-refractivity contribution in [3.63, 3.8) is 0 Å². The highest BCUT2D eigenvalue weighted by Gasteiger charge is 2.13. The van der Waals surface area contributed by atoms with E-state index in [1.165, 1.54) is 36.0 Å². The normalized spacial score (nSPS) is 10.6. The zero-order valence-electron chi connectivity index (χ0n) is 14.3. The molecule has 0 aliphatic carbocycles. The lowest BCUT2D eigenvalue weighted by Crippen LogP contribution is -2.14. The van der Waals surface area contributed by atoms with Gasteiger partial charge >= 0.3 is 0 Å². The average Bonchev–Trinajstić information content (AvgIpc) is 3.02. The van der Waals surface area contributed by atoms with Crippen LogP contribution < -0.4 is 10.1 Å². The fourth-order valence-corrected chi connectivity index (χ4v) is 3.00. The zero-order valence-corrected chi connectivity index (χ0v) is 15.1. The number of hydrogen-bond acceptors (Lipinski definition) is 5. The second-order valence-electron chi connectivity index (χ2n) is 5.44. The Kier molecular flexibility index (Phi) is 5.52. The molecule has 0 aliphatic rings. The molecule has 1 heterocycles. The second kappa shape index (κ2) is 8.01. The summed E-state index contributed by atoms with van der Waals surface area (Å²) in [5.41, 5.74) is 1.46. The zero-order chi connectivity index (χ0) is 18.5. The summed E-state index contributed by atoms with van der Waals surface area (Å²) in [5, 5.41) is 11.7. The van der Waals surface area contributed by atoms with E-state index < -0.39 is 0 Å². The van der Waals surface area contributed by atoms with Crippen molar-refractivity contribution in [3.8, 4) is 17.1 Å². The number of anilines is 1. The number of nitrogens with one attached hydrogen (secondary N) is 1. The Hall–Kier alpha value is -2.87. The number of amides is 1. The summed E-state index contributed by atoms with van der Waals surface area (Å²) in [4.78, 5) is 12.0. The van der Waals surface area contributed by atoms with Gasteiger partial charge in [-0.2, -0.15) is 0 Å². The Labute approximate surface area is 154 Å². The lowest BCUT2D eigenvalue weighted by molar-refractivity contribution is -0.113. The summed E-state index contributed by atoms with van der Waals surface area (Å²) in [6.07, 6.45) is 0. The molecule has 1 N–H and O–H groups in total. The summed E-state index contributed by atoms with van der Waals surface area (Å²) in [7, 11) is 3.46. The number of hydrogen-bond donors (Lipinski definition) is 1. The minimum atomic E-state index is -0.345. The SMILES string of the molecule is COc1ccc(-c2nnc(SCC(=O)Nc3ccc(F)cc3)n2C)cc1. The van der Waals surface area contributed by atoms with Gasteiger partial charge in [0.25, 0.3) is 0 Å². The van der Waals surface area contributed by atoms with Crippen molar-refractivity contribution in [2.75, 3.05) is 18.2 Å². The first-order chi connectivity index (χ1) is 12.6. The van der Waals surface area contributed by atoms with E-state index in [-0.39, 0.29) is 17.5 Å². The molecule has 8 heteroatoms. The third-order valence-electron chi connectivity index (χ3n) is 3.64. The predicted molar refractivity (Wildman–Crippen MR) is 98.7 cm³/mol. The molecule has 3 aromatic rings. The third kappa shape index (κ3) is 4.20. The number of carbonyl (C=O) groups excluding carboxylic acids is 1. The van der Waals surface area contributed by atoms with Crippen molar-refractivity contribution in [2.45, 2.75) is 5.16 Å². The van der Waals surface area contributed by atoms with Crippen molar-refractivity contribution in [3.05, 3.63) is 54.3 Å². The number of thioether (sulfide) groups is 1. The van der Waals surface area contributed by atoms with Crippen molar-refractivity contribution in [2.24, 2.45) is 7.05 Å². The monoisotopic (exact) mass is 372 g/mol. The lowest BCUT2D eigenvalue weighted by Gasteiger charge is -2.06. The third-order valence-corrected chi connectivity index (χ3v) is 4.66. The fraction of sp³-hybridized carbons (Fsp3) is 0.167. The van der Waals surface area contributed by atoms with Crippen molar-refractivity contribution >= 4 is 23.4 Å². The molecule has 2 aromatic carbocycles. The first kappa shape index (κ1) is 17.9. The van der Waals surface area contributed by atoms with E-state index in [1.54, 1.807) is 7.11 Å². The van der Waals surface area contributed by atoms with Gasteiger partial charge in [0.05, 0.1) is 12.9 Å². The van der Waals surface area contributed by atoms with Gasteiger partial charge in [0, 0.05) is 18.3 Å². The molecule has 1 aromatic heterocycles. The number of nitrogens with zero attached hydrogens (tertiary/aromatic N) is 3. The summed E-state index contributed by atoms with van der Waals surface area (Å²) in [6.45, 7) is 0. The molecule has 0 saturated carbocycles. The molecule has 0 bridgehead atoms. The molecule has 6 nitrogen and oxygen atoms in total. The maximum Gasteiger partial charge on any atom is 0.234 e. The quantitative estimate of drug-likeness (QED) is 0.672. The van der Waals surface area contributed by atoms with Crippen LogP contribution in [0, 0.1) is 5.82 Å². The highest BCUT2D eigenvalue weighted by molar-refractivity contribution is 7.99. The van der Waals surface area contributed by atoms with E-state index in [4.69, 9.17) is 4.74 Å². The Morgan fingerprint density at radius 3 is 2.50 bits per heavy atom. The molecule has 134 valence electrons. The standard InChI is InChI=1S/C18H17FN4O2S/c1-23-17(12-3-9-15(25-2)10-4-12)21-22-18(23)26-11-16(24)20-14-7-5-13(19)6-8-14/h3-10H,11H2,1-2H3,(H,20,24). The largest absolute Gasteiger partial charge is 0.497 e. The lowest BCUT2D eigenvalue weighted by atomic mass is 10.2. The number of carbonyl (C=O) groups is 1. The second-order valence-corrected chi connectivity index (χ2v) is 6.38. The van der Waals surface area contributed by atoms with Gasteiger partial charge in [-0.05, 0) is 48.5 Å². The average molecular weight is 372 g/mol. The van der Waals surface area contributed by atoms with Crippen LogP contribution in [0.25, 0.3) is 11.4 Å². The number of ether oxygens (including phenoxy) is 1. The van der Waals surface area contributed by atoms with Crippen LogP contribution in [-0.4, -0.2) is 33.5 Å². The van der Waals surface area contributed by atoms with Crippen molar-refractivity contribution in [1.82, 2.24) is 14.8 Å². The van der Waals surface area contributed by atoms with E-state index in [2.05, 4.69) is 15.5 Å². The van der Waals surface area contributed by atoms with Crippen molar-refractivity contribution < 1.29 is 13.9 Å². The van der Waals surface area contributed by atoms with E-state index >= 15 is 0 Å². The van der Waals surface area contributed by atoms with Gasteiger partial charge in [-0.15, -0.1) is 10.2 Å². The smallest absolute Gasteiger partial charge is 0.234 e. The molecule has 1 amide bonds. The summed E-state index contributed by atoms with van der Waals surface area (Å²) < 4.78 is 19.9. The molecule has 0 spiro atoms. The Balaban J connectivity index is 1.62. The topological polar surface area (TPSA) is 69.0 Å². The molecule has 0 saturated heterocycles. The minimum absolute atomic E-state index is 0.173. The Morgan fingerprint density at radius 1 is 1.15 bits per heavy atom. The van der Waals surface area contributed by atoms with Crippen molar-refractivity contribution in [1.29, 1.82) is 0 Å². The predicted octanol–water partition coefficient (Wildman–Crippen LogP) is 3.36. The van der Waals surface area contributed by atoms with Gasteiger partial charge in [-0.3, -0.25) is 4.79 Å². The van der Waals surface area contributed by atoms with E-state index in [0.29, 0.717) is 16.7 Å². The molecule has 0 atom stereocenters. The van der Waals surface area contributed by atoms with Gasteiger partial charge in [0.2, 0.25) is 5.91 Å². The fourth-order valence-electron chi connectivity index (χ4n) is 2.29. The maximum atomic E-state index is 12.9. The van der Waals surface area contributed by atoms with Gasteiger partial charge in [-0.1, -0.05) is 11.8 Å². The van der Waals surface area contributed by atoms with Crippen LogP contribution in [0.5, 0.6) is 5.75 Å². The van der Waals surface area contributed by atoms with Crippen LogP contribution in [0.4, 0.5) is 10.1 Å². The first-order valence-corrected chi connectivity index (χ1v) is 8.77. The van der Waals surface area contributed by atoms with E-state index in [1.807, 2.05) is 35.9 Å². The van der Waals surface area contributed by atoms with Gasteiger partial charge in [-0.25, -0.2) is 4.39 Å². The van der Waals surface area contributed by atoms with Crippen LogP contribution in [0.2, 0.25) is 0 Å². The summed E-state index contributed by atoms with van der Waals surface area (Å²) in [6, 6.07) is 13.1. The van der Waals surface area contributed by atoms with E-state index in [9.17, 15) is 9.18 Å². The van der Waals surface area contributed by atoms with Gasteiger partial charge < -0.3 is 14.6 Å². The number of methoxy groups -OCH3 is 1. The molecule has 26 heavy (non-hydrogen) atoms. The molecule has 0 radical (unpaired) electrons. The number of halogens is 1. The Bertz CT molecular complexity index is 895. The van der Waals surface area contributed by atoms with Gasteiger partial charge in [0.15, 0.2) is 11.0 Å². The van der Waals surface area contributed by atoms with Crippen LogP contribution in [0.1, 0.15) is 0 Å². The van der Waals surface area contributed by atoms with Crippen LogP contribution in [0.3, 0.4) is 0 Å². The molecule has 0 aliphatic heterocycles. The summed E-state index contributed by atoms with van der Waals surface area (Å²) in [5.74, 6) is 1.10. The first-order valence-electron chi connectivity index (χ1n) is 7.79. The van der Waals surface area contributed by atoms with Crippen LogP contribution in [-0.2, 0) is 11.8 Å². The molecule has 3 rings (SSSR count). The molecule has 0 fully saturated rings. The molecular formula is C18H17FN4O2S. The van der Waals surface area contributed by atoms with Crippen LogP contribution in [0.15, 0.2) is 53.7 Å².